The van der Waals surface area contributed by atoms with Crippen molar-refractivity contribution in [2.45, 2.75) is 6.54 Å². The number of anilines is 1. The van der Waals surface area contributed by atoms with E-state index in [0.29, 0.717) is 12.2 Å². The van der Waals surface area contributed by atoms with Gasteiger partial charge in [0.15, 0.2) is 0 Å². The zero-order valence-corrected chi connectivity index (χ0v) is 16.6. The molecule has 1 aliphatic heterocycles. The van der Waals surface area contributed by atoms with Crippen molar-refractivity contribution in [1.29, 1.82) is 0 Å². The number of nitrogens with one attached hydrogen (secondary N) is 1. The standard InChI is InChI=1S/C21H24N6O3/c28-21-19(27(29)30)20(23-18-8-4-5-10-26(18)21)22-9-11-24-12-14-25(15-13-24)16-17-6-2-1-3-7-17/h1-8,10,22H,9,11-16H2. The van der Waals surface area contributed by atoms with Crippen LogP contribution in [0.4, 0.5) is 11.5 Å². The Balaban J connectivity index is 1.34. The predicted molar refractivity (Wildman–Crippen MR) is 115 cm³/mol. The average molecular weight is 408 g/mol. The Labute approximate surface area is 173 Å². The number of benzene rings is 1. The fourth-order valence-corrected chi connectivity index (χ4v) is 3.71. The molecule has 1 N–H and O–H groups in total. The summed E-state index contributed by atoms with van der Waals surface area (Å²) >= 11 is 0. The van der Waals surface area contributed by atoms with Crippen LogP contribution in [0.1, 0.15) is 5.56 Å². The highest BCUT2D eigenvalue weighted by molar-refractivity contribution is 5.59. The summed E-state index contributed by atoms with van der Waals surface area (Å²) in [5.74, 6) is 0.0268. The summed E-state index contributed by atoms with van der Waals surface area (Å²) < 4.78 is 1.19. The first-order valence-electron chi connectivity index (χ1n) is 10.00. The fraction of sp³-hybridized carbons (Fsp3) is 0.333. The number of rotatable bonds is 7. The lowest BCUT2D eigenvalue weighted by molar-refractivity contribution is -0.385. The number of nitro groups is 1. The van der Waals surface area contributed by atoms with Crippen molar-refractivity contribution in [3.8, 4) is 0 Å². The number of nitrogens with zero attached hydrogens (tertiary/aromatic N) is 5. The van der Waals surface area contributed by atoms with Gasteiger partial charge in [-0.2, -0.15) is 0 Å². The Morgan fingerprint density at radius 3 is 2.43 bits per heavy atom. The van der Waals surface area contributed by atoms with Gasteiger partial charge in [0.05, 0.1) is 4.92 Å². The van der Waals surface area contributed by atoms with Crippen molar-refractivity contribution in [3.63, 3.8) is 0 Å². The topological polar surface area (TPSA) is 96.0 Å². The highest BCUT2D eigenvalue weighted by Gasteiger charge is 2.23. The Morgan fingerprint density at radius 1 is 1.00 bits per heavy atom. The summed E-state index contributed by atoms with van der Waals surface area (Å²) in [5.41, 5.74) is 0.493. The fourth-order valence-electron chi connectivity index (χ4n) is 3.71. The summed E-state index contributed by atoms with van der Waals surface area (Å²) in [6.07, 6.45) is 1.48. The Hall–Kier alpha value is -3.30. The lowest BCUT2D eigenvalue weighted by atomic mass is 10.2. The summed E-state index contributed by atoms with van der Waals surface area (Å²) in [6.45, 7) is 5.98. The largest absolute Gasteiger partial charge is 0.376 e. The molecular weight excluding hydrogens is 384 g/mol. The Morgan fingerprint density at radius 2 is 1.70 bits per heavy atom. The van der Waals surface area contributed by atoms with Crippen LogP contribution in [0.2, 0.25) is 0 Å². The number of piperazine rings is 1. The molecular formula is C21H24N6O3. The first-order valence-corrected chi connectivity index (χ1v) is 10.00. The van der Waals surface area contributed by atoms with Crippen LogP contribution in [-0.4, -0.2) is 63.4 Å². The number of pyridine rings is 1. The minimum absolute atomic E-state index is 0.0268. The highest BCUT2D eigenvalue weighted by atomic mass is 16.6. The third-order valence-electron chi connectivity index (χ3n) is 5.33. The van der Waals surface area contributed by atoms with Gasteiger partial charge in [0.1, 0.15) is 5.65 Å². The van der Waals surface area contributed by atoms with Gasteiger partial charge < -0.3 is 5.32 Å². The van der Waals surface area contributed by atoms with E-state index >= 15 is 0 Å². The molecule has 3 aromatic rings. The van der Waals surface area contributed by atoms with Crippen molar-refractivity contribution in [3.05, 3.63) is 80.8 Å². The molecule has 0 aliphatic carbocycles. The molecule has 1 aromatic carbocycles. The van der Waals surface area contributed by atoms with E-state index in [0.717, 1.165) is 39.3 Å². The van der Waals surface area contributed by atoms with Crippen molar-refractivity contribution < 1.29 is 4.92 Å². The Bertz CT molecular complexity index is 1080. The third kappa shape index (κ3) is 4.47. The SMILES string of the molecule is O=c1c([N+](=O)[O-])c(NCCN2CCN(Cc3ccccc3)CC2)nc2ccccn12. The van der Waals surface area contributed by atoms with E-state index in [1.165, 1.54) is 16.2 Å². The summed E-state index contributed by atoms with van der Waals surface area (Å²) in [7, 11) is 0. The van der Waals surface area contributed by atoms with E-state index in [9.17, 15) is 14.9 Å². The second-order valence-electron chi connectivity index (χ2n) is 7.33. The normalized spacial score (nSPS) is 15.3. The van der Waals surface area contributed by atoms with E-state index < -0.39 is 16.2 Å². The first-order chi connectivity index (χ1) is 14.6. The third-order valence-corrected chi connectivity index (χ3v) is 5.33. The maximum Gasteiger partial charge on any atom is 0.376 e. The molecule has 0 atom stereocenters. The Kier molecular flexibility index (Phi) is 6.01. The summed E-state index contributed by atoms with van der Waals surface area (Å²) in [4.78, 5) is 32.3. The van der Waals surface area contributed by atoms with E-state index in [2.05, 4.69) is 44.4 Å². The molecule has 0 saturated carbocycles. The van der Waals surface area contributed by atoms with Gasteiger partial charge in [-0.1, -0.05) is 36.4 Å². The second kappa shape index (κ2) is 9.02. The van der Waals surface area contributed by atoms with Gasteiger partial charge in [0.25, 0.3) is 0 Å². The molecule has 0 bridgehead atoms. The highest BCUT2D eigenvalue weighted by Crippen LogP contribution is 2.18. The van der Waals surface area contributed by atoms with Gasteiger partial charge in [0, 0.05) is 52.0 Å². The maximum atomic E-state index is 12.5. The van der Waals surface area contributed by atoms with E-state index in [1.54, 1.807) is 18.2 Å². The lowest BCUT2D eigenvalue weighted by Crippen LogP contribution is -2.47. The summed E-state index contributed by atoms with van der Waals surface area (Å²) in [6, 6.07) is 15.5. The molecule has 9 heteroatoms. The van der Waals surface area contributed by atoms with Crippen molar-refractivity contribution >= 4 is 17.2 Å². The van der Waals surface area contributed by atoms with Gasteiger partial charge in [-0.3, -0.25) is 29.1 Å². The van der Waals surface area contributed by atoms with Crippen LogP contribution in [0.5, 0.6) is 0 Å². The molecule has 0 radical (unpaired) electrons. The van der Waals surface area contributed by atoms with Crippen LogP contribution in [0, 0.1) is 10.1 Å². The number of hydrogen-bond donors (Lipinski definition) is 1. The monoisotopic (exact) mass is 408 g/mol. The quantitative estimate of drug-likeness (QED) is 0.471. The molecule has 9 nitrogen and oxygen atoms in total. The van der Waals surface area contributed by atoms with Crippen LogP contribution in [-0.2, 0) is 6.54 Å². The van der Waals surface area contributed by atoms with Gasteiger partial charge in [-0.25, -0.2) is 4.98 Å². The molecule has 0 unspecified atom stereocenters. The van der Waals surface area contributed by atoms with Crippen LogP contribution in [0.3, 0.4) is 0 Å². The first kappa shape index (κ1) is 20.0. The minimum atomic E-state index is -0.678. The van der Waals surface area contributed by atoms with Crippen molar-refractivity contribution in [1.82, 2.24) is 19.2 Å². The smallest absolute Gasteiger partial charge is 0.363 e. The molecule has 156 valence electrons. The van der Waals surface area contributed by atoms with Crippen LogP contribution in [0.25, 0.3) is 5.65 Å². The zero-order chi connectivity index (χ0) is 20.9. The summed E-state index contributed by atoms with van der Waals surface area (Å²) in [5, 5.41) is 14.4. The van der Waals surface area contributed by atoms with Crippen molar-refractivity contribution in [2.24, 2.45) is 0 Å². The van der Waals surface area contributed by atoms with E-state index in [4.69, 9.17) is 0 Å². The van der Waals surface area contributed by atoms with Gasteiger partial charge >= 0.3 is 11.2 Å². The number of aromatic nitrogens is 2. The molecule has 4 rings (SSSR count). The molecule has 1 aliphatic rings. The van der Waals surface area contributed by atoms with Gasteiger partial charge in [-0.15, -0.1) is 0 Å². The zero-order valence-electron chi connectivity index (χ0n) is 16.6. The molecule has 3 heterocycles. The molecule has 2 aromatic heterocycles. The van der Waals surface area contributed by atoms with Crippen LogP contribution in [0.15, 0.2) is 59.5 Å². The lowest BCUT2D eigenvalue weighted by Gasteiger charge is -2.34. The van der Waals surface area contributed by atoms with Crippen molar-refractivity contribution in [2.75, 3.05) is 44.6 Å². The molecule has 0 spiro atoms. The van der Waals surface area contributed by atoms with Gasteiger partial charge in [-0.05, 0) is 17.7 Å². The maximum absolute atomic E-state index is 12.5. The minimum Gasteiger partial charge on any atom is -0.363 e. The van der Waals surface area contributed by atoms with Crippen LogP contribution >= 0.6 is 0 Å². The number of hydrogen-bond acceptors (Lipinski definition) is 7. The van der Waals surface area contributed by atoms with Crippen LogP contribution < -0.4 is 10.9 Å². The predicted octanol–water partition coefficient (Wildman–Crippen LogP) is 1.83. The molecule has 30 heavy (non-hydrogen) atoms. The van der Waals surface area contributed by atoms with E-state index in [-0.39, 0.29) is 5.82 Å². The van der Waals surface area contributed by atoms with Gasteiger partial charge in [0.2, 0.25) is 5.82 Å². The number of fused-ring (bicyclic) bond motifs is 1. The molecule has 1 saturated heterocycles. The molecule has 1 fully saturated rings. The molecule has 0 amide bonds. The second-order valence-corrected chi connectivity index (χ2v) is 7.33. The average Bonchev–Trinajstić information content (AvgIpc) is 2.75. The van der Waals surface area contributed by atoms with E-state index in [1.807, 2.05) is 6.07 Å².